The average molecular weight is 302 g/mol. The van der Waals surface area contributed by atoms with E-state index in [0.717, 1.165) is 16.5 Å². The first kappa shape index (κ1) is 13.9. The summed E-state index contributed by atoms with van der Waals surface area (Å²) in [5.41, 5.74) is 2.14. The number of Topliss-reactive ketones (excluding diaryl/α,β-unsaturated/α-hetero) is 1. The zero-order chi connectivity index (χ0) is 15.0. The van der Waals surface area contributed by atoms with Gasteiger partial charge in [-0.15, -0.1) is 0 Å². The third-order valence-electron chi connectivity index (χ3n) is 3.77. The molecular formula is C16H16ClN3O. The number of aromatic amines is 1. The quantitative estimate of drug-likeness (QED) is 0.742. The van der Waals surface area contributed by atoms with Gasteiger partial charge in [-0.05, 0) is 29.7 Å². The minimum Gasteiger partial charge on any atom is -0.361 e. The monoisotopic (exact) mass is 301 g/mol. The number of hydrogen-bond donors (Lipinski definition) is 1. The Morgan fingerprint density at radius 1 is 1.48 bits per heavy atom. The topological polar surface area (TPSA) is 50.7 Å². The van der Waals surface area contributed by atoms with Gasteiger partial charge in [-0.25, -0.2) is 4.98 Å². The number of halogens is 1. The van der Waals surface area contributed by atoms with Gasteiger partial charge in [-0.2, -0.15) is 0 Å². The molecule has 0 saturated carbocycles. The molecule has 21 heavy (non-hydrogen) atoms. The Bertz CT molecular complexity index is 803. The summed E-state index contributed by atoms with van der Waals surface area (Å²) < 4.78 is 1.75. The molecule has 0 aliphatic rings. The molecule has 0 unspecified atom stereocenters. The van der Waals surface area contributed by atoms with Crippen LogP contribution in [0.4, 0.5) is 0 Å². The van der Waals surface area contributed by atoms with Crippen LogP contribution in [0.25, 0.3) is 10.9 Å². The third kappa shape index (κ3) is 2.59. The molecule has 0 aliphatic heterocycles. The molecule has 108 valence electrons. The molecule has 0 fully saturated rings. The summed E-state index contributed by atoms with van der Waals surface area (Å²) >= 11 is 6.07. The van der Waals surface area contributed by atoms with Gasteiger partial charge in [0.1, 0.15) is 0 Å². The second-order valence-electron chi connectivity index (χ2n) is 5.32. The number of hydrogen-bond acceptors (Lipinski definition) is 2. The van der Waals surface area contributed by atoms with Crippen molar-refractivity contribution in [1.29, 1.82) is 0 Å². The molecule has 3 rings (SSSR count). The summed E-state index contributed by atoms with van der Waals surface area (Å²) in [7, 11) is 1.83. The largest absolute Gasteiger partial charge is 0.361 e. The van der Waals surface area contributed by atoms with Crippen molar-refractivity contribution in [3.63, 3.8) is 0 Å². The summed E-state index contributed by atoms with van der Waals surface area (Å²) in [5, 5.41) is 1.77. The minimum absolute atomic E-state index is 0.0476. The molecule has 2 heterocycles. The average Bonchev–Trinajstić information content (AvgIpc) is 3.04. The smallest absolute Gasteiger partial charge is 0.198 e. The molecule has 1 N–H and O–H groups in total. The molecule has 3 aromatic rings. The van der Waals surface area contributed by atoms with Crippen LogP contribution < -0.4 is 0 Å². The first-order valence-corrected chi connectivity index (χ1v) is 7.21. The minimum atomic E-state index is 0.0476. The molecule has 2 aromatic heterocycles. The van der Waals surface area contributed by atoms with Crippen LogP contribution in [0.5, 0.6) is 0 Å². The molecular weight excluding hydrogens is 286 g/mol. The van der Waals surface area contributed by atoms with Crippen LogP contribution in [-0.4, -0.2) is 20.3 Å². The number of carbonyl (C=O) groups is 1. The van der Waals surface area contributed by atoms with Crippen molar-refractivity contribution >= 4 is 28.3 Å². The molecule has 0 amide bonds. The van der Waals surface area contributed by atoms with E-state index in [2.05, 4.69) is 9.97 Å². The summed E-state index contributed by atoms with van der Waals surface area (Å²) in [4.78, 5) is 19.7. The van der Waals surface area contributed by atoms with Crippen molar-refractivity contribution in [2.75, 3.05) is 0 Å². The first-order chi connectivity index (χ1) is 10.1. The van der Waals surface area contributed by atoms with Crippen LogP contribution >= 0.6 is 11.6 Å². The number of ketones is 1. The van der Waals surface area contributed by atoms with Gasteiger partial charge in [0.15, 0.2) is 11.6 Å². The lowest BCUT2D eigenvalue weighted by Gasteiger charge is -2.10. The molecule has 0 aliphatic carbocycles. The van der Waals surface area contributed by atoms with E-state index in [1.807, 2.05) is 38.4 Å². The second-order valence-corrected chi connectivity index (χ2v) is 5.76. The predicted octanol–water partition coefficient (Wildman–Crippen LogP) is 3.93. The number of aryl methyl sites for hydroxylation is 1. The highest BCUT2D eigenvalue weighted by molar-refractivity contribution is 6.31. The Balaban J connectivity index is 1.87. The van der Waals surface area contributed by atoms with Crippen molar-refractivity contribution in [1.82, 2.24) is 14.5 Å². The standard InChI is InChI=1S/C16H16ClN3O/c1-10(7-15(21)16-18-5-6-20(16)2)13-9-19-14-4-3-11(17)8-12(13)14/h3-6,8-10,19H,7H2,1-2H3/t10-/m1/s1. The Hall–Kier alpha value is -2.07. The van der Waals surface area contributed by atoms with Crippen LogP contribution in [0.15, 0.2) is 36.8 Å². The van der Waals surface area contributed by atoms with Gasteiger partial charge in [0.25, 0.3) is 0 Å². The van der Waals surface area contributed by atoms with Gasteiger partial charge < -0.3 is 9.55 Å². The van der Waals surface area contributed by atoms with E-state index in [9.17, 15) is 4.79 Å². The van der Waals surface area contributed by atoms with Crippen LogP contribution in [-0.2, 0) is 7.05 Å². The maximum absolute atomic E-state index is 12.3. The normalized spacial score (nSPS) is 12.7. The highest BCUT2D eigenvalue weighted by Crippen LogP contribution is 2.30. The number of aromatic nitrogens is 3. The summed E-state index contributed by atoms with van der Waals surface area (Å²) in [5.74, 6) is 0.646. The van der Waals surface area contributed by atoms with Crippen molar-refractivity contribution < 1.29 is 4.79 Å². The van der Waals surface area contributed by atoms with E-state index in [1.54, 1.807) is 17.0 Å². The number of benzene rings is 1. The Morgan fingerprint density at radius 3 is 3.00 bits per heavy atom. The summed E-state index contributed by atoms with van der Waals surface area (Å²) in [6.45, 7) is 2.05. The molecule has 1 aromatic carbocycles. The van der Waals surface area contributed by atoms with E-state index in [1.165, 1.54) is 0 Å². The fourth-order valence-electron chi connectivity index (χ4n) is 2.64. The van der Waals surface area contributed by atoms with E-state index < -0.39 is 0 Å². The van der Waals surface area contributed by atoms with Gasteiger partial charge in [-0.1, -0.05) is 18.5 Å². The predicted molar refractivity (Wildman–Crippen MR) is 83.9 cm³/mol. The number of carbonyl (C=O) groups excluding carboxylic acids is 1. The lowest BCUT2D eigenvalue weighted by atomic mass is 9.95. The van der Waals surface area contributed by atoms with Gasteiger partial charge in [0, 0.05) is 48.0 Å². The highest BCUT2D eigenvalue weighted by Gasteiger charge is 2.18. The number of fused-ring (bicyclic) bond motifs is 1. The summed E-state index contributed by atoms with van der Waals surface area (Å²) in [6.07, 6.45) is 5.80. The van der Waals surface area contributed by atoms with Crippen molar-refractivity contribution in [3.05, 3.63) is 53.2 Å². The zero-order valence-electron chi connectivity index (χ0n) is 11.9. The Kier molecular flexibility index (Phi) is 3.55. The molecule has 0 bridgehead atoms. The molecule has 5 heteroatoms. The summed E-state index contributed by atoms with van der Waals surface area (Å²) in [6, 6.07) is 5.74. The van der Waals surface area contributed by atoms with E-state index in [4.69, 9.17) is 11.6 Å². The van der Waals surface area contributed by atoms with E-state index in [-0.39, 0.29) is 11.7 Å². The van der Waals surface area contributed by atoms with Gasteiger partial charge >= 0.3 is 0 Å². The molecule has 0 spiro atoms. The van der Waals surface area contributed by atoms with Gasteiger partial charge in [0.2, 0.25) is 0 Å². The first-order valence-electron chi connectivity index (χ1n) is 6.83. The Morgan fingerprint density at radius 2 is 2.29 bits per heavy atom. The lowest BCUT2D eigenvalue weighted by molar-refractivity contribution is 0.0963. The fraction of sp³-hybridized carbons (Fsp3) is 0.250. The van der Waals surface area contributed by atoms with Crippen molar-refractivity contribution in [3.8, 4) is 0 Å². The van der Waals surface area contributed by atoms with E-state index >= 15 is 0 Å². The van der Waals surface area contributed by atoms with Gasteiger partial charge in [0.05, 0.1) is 0 Å². The fourth-order valence-corrected chi connectivity index (χ4v) is 2.81. The highest BCUT2D eigenvalue weighted by atomic mass is 35.5. The van der Waals surface area contributed by atoms with Crippen LogP contribution in [0.3, 0.4) is 0 Å². The molecule has 0 radical (unpaired) electrons. The van der Waals surface area contributed by atoms with Crippen molar-refractivity contribution in [2.24, 2.45) is 7.05 Å². The number of imidazole rings is 1. The third-order valence-corrected chi connectivity index (χ3v) is 4.00. The Labute approximate surface area is 127 Å². The van der Waals surface area contributed by atoms with Crippen LogP contribution in [0.1, 0.15) is 35.4 Å². The zero-order valence-corrected chi connectivity index (χ0v) is 12.7. The second kappa shape index (κ2) is 5.37. The molecule has 0 saturated heterocycles. The van der Waals surface area contributed by atoms with Crippen molar-refractivity contribution in [2.45, 2.75) is 19.3 Å². The number of H-pyrrole nitrogens is 1. The van der Waals surface area contributed by atoms with Crippen LogP contribution in [0.2, 0.25) is 5.02 Å². The SMILES string of the molecule is C[C@H](CC(=O)c1nccn1C)c1c[nH]c2ccc(Cl)cc12. The molecule has 1 atom stereocenters. The van der Waals surface area contributed by atoms with Crippen LogP contribution in [0, 0.1) is 0 Å². The van der Waals surface area contributed by atoms with Gasteiger partial charge in [-0.3, -0.25) is 4.79 Å². The maximum Gasteiger partial charge on any atom is 0.198 e. The lowest BCUT2D eigenvalue weighted by Crippen LogP contribution is -2.10. The number of nitrogens with one attached hydrogen (secondary N) is 1. The number of nitrogens with zero attached hydrogens (tertiary/aromatic N) is 2. The number of rotatable bonds is 4. The van der Waals surface area contributed by atoms with E-state index in [0.29, 0.717) is 17.3 Å². The molecule has 4 nitrogen and oxygen atoms in total. The maximum atomic E-state index is 12.3.